The van der Waals surface area contributed by atoms with E-state index in [1.54, 1.807) is 6.07 Å². The summed E-state index contributed by atoms with van der Waals surface area (Å²) >= 11 is 0. The molecule has 0 amide bonds. The third kappa shape index (κ3) is 4.48. The molecular weight excluding hydrogens is 462 g/mol. The largest absolute Gasteiger partial charge is 0.586 e. The lowest BCUT2D eigenvalue weighted by atomic mass is 9.87. The fourth-order valence-corrected chi connectivity index (χ4v) is 5.05. The molecule has 0 bridgehead atoms. The van der Waals surface area contributed by atoms with Crippen molar-refractivity contribution in [2.24, 2.45) is 0 Å². The van der Waals surface area contributed by atoms with E-state index in [1.165, 1.54) is 12.1 Å². The molecule has 5 rings (SSSR count). The highest BCUT2D eigenvalue weighted by Crippen LogP contribution is 2.52. The molecule has 0 radical (unpaired) electrons. The number of halogens is 2. The normalized spacial score (nSPS) is 17.5. The Bertz CT molecular complexity index is 1250. The first kappa shape index (κ1) is 24.0. The summed E-state index contributed by atoms with van der Waals surface area (Å²) in [6.45, 7) is 1.88. The zero-order chi connectivity index (χ0) is 23.2. The first-order valence-corrected chi connectivity index (χ1v) is 12.1. The van der Waals surface area contributed by atoms with E-state index in [0.29, 0.717) is 24.2 Å². The first-order valence-electron chi connectivity index (χ1n) is 10.8. The summed E-state index contributed by atoms with van der Waals surface area (Å²) in [5, 5.41) is 0. The van der Waals surface area contributed by atoms with E-state index in [1.807, 2.05) is 55.5 Å². The number of fused-ring (bicyclic) bond motifs is 1. The van der Waals surface area contributed by atoms with Crippen LogP contribution in [0.25, 0.3) is 11.1 Å². The van der Waals surface area contributed by atoms with Crippen molar-refractivity contribution in [2.75, 3.05) is 5.75 Å². The number of carbonyl (C=O) groups is 1. The smallest absolute Gasteiger partial charge is 0.412 e. The predicted molar refractivity (Wildman–Crippen MR) is 125 cm³/mol. The van der Waals surface area contributed by atoms with Crippen LogP contribution in [0.1, 0.15) is 30.9 Å². The molecule has 1 atom stereocenters. The predicted octanol–water partition coefficient (Wildman–Crippen LogP) is 4.82. The van der Waals surface area contributed by atoms with Crippen LogP contribution in [-0.2, 0) is 27.4 Å². The molecule has 1 aliphatic heterocycles. The van der Waals surface area contributed by atoms with Crippen LogP contribution in [-0.4, -0.2) is 27.5 Å². The van der Waals surface area contributed by atoms with Gasteiger partial charge in [-0.3, -0.25) is 9.00 Å². The summed E-state index contributed by atoms with van der Waals surface area (Å²) in [4.78, 5) is 14.1. The maximum Gasteiger partial charge on any atom is 0.586 e. The average molecular weight is 487 g/mol. The number of hydrogen-bond donors (Lipinski definition) is 0. The minimum absolute atomic E-state index is 0. The fourth-order valence-electron chi connectivity index (χ4n) is 4.28. The lowest BCUT2D eigenvalue weighted by Gasteiger charge is -2.15. The zero-order valence-electron chi connectivity index (χ0n) is 18.5. The standard InChI is InChI=1S/C26H22F2O4S.H2O/c1-2-33(30)21-9-6-18(7-10-21)19-5-3-4-17(14-19)15-24(29)25(12-13-25)20-8-11-22-23(16-20)32-26(27,28)31-22;/h3-11,14,16H,2,12-13,15H2,1H3;1H2. The molecule has 1 fully saturated rings. The quantitative estimate of drug-likeness (QED) is 0.479. The molecular formula is C26H24F2O5S. The van der Waals surface area contributed by atoms with Gasteiger partial charge in [0.1, 0.15) is 5.78 Å². The van der Waals surface area contributed by atoms with Crippen LogP contribution >= 0.6 is 0 Å². The average Bonchev–Trinajstić information content (AvgIpc) is 3.56. The molecule has 3 aromatic rings. The van der Waals surface area contributed by atoms with Gasteiger partial charge in [0, 0.05) is 17.1 Å². The highest BCUT2D eigenvalue weighted by molar-refractivity contribution is 7.85. The number of carbonyl (C=O) groups excluding carboxylic acids is 1. The van der Waals surface area contributed by atoms with Crippen molar-refractivity contribution in [1.82, 2.24) is 0 Å². The maximum absolute atomic E-state index is 13.4. The van der Waals surface area contributed by atoms with Gasteiger partial charge in [0.25, 0.3) is 0 Å². The van der Waals surface area contributed by atoms with E-state index in [0.717, 1.165) is 21.6 Å². The van der Waals surface area contributed by atoms with E-state index in [2.05, 4.69) is 9.47 Å². The maximum atomic E-state index is 13.4. The lowest BCUT2D eigenvalue weighted by molar-refractivity contribution is -0.286. The molecule has 1 aliphatic carbocycles. The van der Waals surface area contributed by atoms with Gasteiger partial charge >= 0.3 is 6.29 Å². The van der Waals surface area contributed by atoms with Crippen molar-refractivity contribution in [1.29, 1.82) is 0 Å². The Morgan fingerprint density at radius 1 is 0.941 bits per heavy atom. The third-order valence-corrected chi connectivity index (χ3v) is 7.56. The number of alkyl halides is 2. The molecule has 2 N–H and O–H groups in total. The second kappa shape index (κ2) is 8.92. The monoisotopic (exact) mass is 486 g/mol. The van der Waals surface area contributed by atoms with Gasteiger partial charge in [0.15, 0.2) is 11.5 Å². The molecule has 0 aromatic heterocycles. The number of hydrogen-bond acceptors (Lipinski definition) is 4. The summed E-state index contributed by atoms with van der Waals surface area (Å²) in [5.74, 6) is 0.572. The van der Waals surface area contributed by atoms with Crippen LogP contribution in [0.2, 0.25) is 0 Å². The van der Waals surface area contributed by atoms with E-state index in [9.17, 15) is 17.8 Å². The molecule has 1 heterocycles. The van der Waals surface area contributed by atoms with Crippen molar-refractivity contribution in [3.63, 3.8) is 0 Å². The second-order valence-corrected chi connectivity index (χ2v) is 10.1. The van der Waals surface area contributed by atoms with Crippen molar-refractivity contribution in [2.45, 2.75) is 42.8 Å². The topological polar surface area (TPSA) is 84.1 Å². The van der Waals surface area contributed by atoms with Crippen LogP contribution in [0.3, 0.4) is 0 Å². The summed E-state index contributed by atoms with van der Waals surface area (Å²) in [7, 11) is -0.996. The van der Waals surface area contributed by atoms with Crippen LogP contribution in [0.4, 0.5) is 8.78 Å². The highest BCUT2D eigenvalue weighted by atomic mass is 32.2. The zero-order valence-corrected chi connectivity index (χ0v) is 19.3. The van der Waals surface area contributed by atoms with Gasteiger partial charge in [0.05, 0.1) is 16.2 Å². The van der Waals surface area contributed by atoms with E-state index < -0.39 is 22.5 Å². The summed E-state index contributed by atoms with van der Waals surface area (Å²) < 4.78 is 47.7. The van der Waals surface area contributed by atoms with Crippen molar-refractivity contribution < 1.29 is 32.7 Å². The Labute approximate surface area is 198 Å². The third-order valence-electron chi connectivity index (χ3n) is 6.24. The molecule has 8 heteroatoms. The molecule has 0 saturated heterocycles. The van der Waals surface area contributed by atoms with Crippen molar-refractivity contribution in [3.8, 4) is 22.6 Å². The van der Waals surface area contributed by atoms with Crippen molar-refractivity contribution in [3.05, 3.63) is 77.9 Å². The number of ketones is 1. The number of Topliss-reactive ketones (excluding diaryl/α,β-unsaturated/α-hetero) is 1. The fraction of sp³-hybridized carbons (Fsp3) is 0.269. The Morgan fingerprint density at radius 3 is 2.32 bits per heavy atom. The number of benzene rings is 3. The molecule has 178 valence electrons. The van der Waals surface area contributed by atoms with Gasteiger partial charge in [0.2, 0.25) is 0 Å². The first-order chi connectivity index (χ1) is 15.8. The minimum atomic E-state index is -3.67. The molecule has 3 aromatic carbocycles. The van der Waals surface area contributed by atoms with E-state index >= 15 is 0 Å². The van der Waals surface area contributed by atoms with Gasteiger partial charge < -0.3 is 14.9 Å². The van der Waals surface area contributed by atoms with Gasteiger partial charge in [-0.2, -0.15) is 0 Å². The summed E-state index contributed by atoms with van der Waals surface area (Å²) in [6, 6.07) is 20.0. The Kier molecular flexibility index (Phi) is 6.31. The van der Waals surface area contributed by atoms with Crippen LogP contribution < -0.4 is 9.47 Å². The second-order valence-electron chi connectivity index (χ2n) is 8.37. The molecule has 2 aliphatic rings. The Hall–Kier alpha value is -3.10. The molecule has 0 spiro atoms. The van der Waals surface area contributed by atoms with Gasteiger partial charge in [-0.1, -0.05) is 49.4 Å². The van der Waals surface area contributed by atoms with Gasteiger partial charge in [-0.25, -0.2) is 0 Å². The summed E-state index contributed by atoms with van der Waals surface area (Å²) in [6.07, 6.45) is -2.07. The van der Waals surface area contributed by atoms with Gasteiger partial charge in [-0.15, -0.1) is 8.78 Å². The van der Waals surface area contributed by atoms with Crippen LogP contribution in [0, 0.1) is 0 Å². The number of rotatable bonds is 7. The lowest BCUT2D eigenvalue weighted by Crippen LogP contribution is -2.26. The van der Waals surface area contributed by atoms with E-state index in [-0.39, 0.29) is 29.2 Å². The molecule has 5 nitrogen and oxygen atoms in total. The van der Waals surface area contributed by atoms with Gasteiger partial charge in [-0.05, 0) is 59.4 Å². The van der Waals surface area contributed by atoms with Crippen molar-refractivity contribution >= 4 is 16.6 Å². The van der Waals surface area contributed by atoms with Crippen LogP contribution in [0.5, 0.6) is 11.5 Å². The SMILES string of the molecule is CCS(=O)c1ccc(-c2cccc(CC(=O)C3(c4ccc5c(c4)OC(F)(F)O5)CC3)c2)cc1.O. The van der Waals surface area contributed by atoms with Crippen LogP contribution in [0.15, 0.2) is 71.6 Å². The Morgan fingerprint density at radius 2 is 1.65 bits per heavy atom. The highest BCUT2D eigenvalue weighted by Gasteiger charge is 2.52. The Balaban J connectivity index is 0.00000274. The number of ether oxygens (including phenoxy) is 2. The van der Waals surface area contributed by atoms with E-state index in [4.69, 9.17) is 0 Å². The summed E-state index contributed by atoms with van der Waals surface area (Å²) in [5.41, 5.74) is 2.86. The molecule has 1 saturated carbocycles. The minimum Gasteiger partial charge on any atom is -0.412 e. The molecule has 1 unspecified atom stereocenters. The molecule has 34 heavy (non-hydrogen) atoms.